The van der Waals surface area contributed by atoms with E-state index >= 15 is 0 Å². The summed E-state index contributed by atoms with van der Waals surface area (Å²) in [6, 6.07) is 23.8. The minimum atomic E-state index is 0.624. The van der Waals surface area contributed by atoms with Gasteiger partial charge in [-0.3, -0.25) is 4.79 Å². The molecule has 134 valence electrons. The molecule has 3 aromatic carbocycles. The fourth-order valence-electron chi connectivity index (χ4n) is 3.37. The van der Waals surface area contributed by atoms with E-state index in [1.165, 1.54) is 0 Å². The molecule has 0 amide bonds. The summed E-state index contributed by atoms with van der Waals surface area (Å²) >= 11 is 0. The topological polar surface area (TPSA) is 43.3 Å². The number of aromatic nitrogens is 1. The molecule has 0 saturated heterocycles. The van der Waals surface area contributed by atoms with Crippen molar-refractivity contribution in [1.82, 2.24) is 4.57 Å². The Morgan fingerprint density at radius 2 is 1.78 bits per heavy atom. The van der Waals surface area contributed by atoms with Gasteiger partial charge < -0.3 is 14.6 Å². The lowest BCUT2D eigenvalue weighted by Crippen LogP contribution is -2.01. The van der Waals surface area contributed by atoms with E-state index < -0.39 is 0 Å². The number of aryl methyl sites for hydroxylation is 1. The zero-order valence-electron chi connectivity index (χ0n) is 15.3. The standard InChI is InChI=1S/C23H20N2O2/c1-16-12-18-13-21(27-2)10-11-23(18)25(16)20-9-8-17(15-26)22(14-20)24-19-6-4-3-5-7-19/h3-15,24H,1-2H3. The van der Waals surface area contributed by atoms with Crippen molar-refractivity contribution in [2.45, 2.75) is 6.92 Å². The summed E-state index contributed by atoms with van der Waals surface area (Å²) < 4.78 is 7.51. The minimum Gasteiger partial charge on any atom is -0.497 e. The average Bonchev–Trinajstić information content (AvgIpc) is 3.03. The average molecular weight is 356 g/mol. The molecule has 0 radical (unpaired) electrons. The van der Waals surface area contributed by atoms with E-state index in [2.05, 4.69) is 28.9 Å². The Balaban J connectivity index is 1.83. The Morgan fingerprint density at radius 3 is 2.52 bits per heavy atom. The van der Waals surface area contributed by atoms with Gasteiger partial charge >= 0.3 is 0 Å². The van der Waals surface area contributed by atoms with Crippen LogP contribution in [0, 0.1) is 6.92 Å². The maximum atomic E-state index is 11.5. The summed E-state index contributed by atoms with van der Waals surface area (Å²) in [7, 11) is 1.67. The first-order valence-corrected chi connectivity index (χ1v) is 8.77. The van der Waals surface area contributed by atoms with E-state index in [4.69, 9.17) is 4.74 Å². The molecule has 0 aliphatic carbocycles. The molecule has 0 fully saturated rings. The number of nitrogens with one attached hydrogen (secondary N) is 1. The summed E-state index contributed by atoms with van der Waals surface area (Å²) in [5.41, 5.74) is 5.55. The van der Waals surface area contributed by atoms with E-state index in [0.29, 0.717) is 5.56 Å². The van der Waals surface area contributed by atoms with Crippen molar-refractivity contribution in [3.8, 4) is 11.4 Å². The predicted octanol–water partition coefficient (Wildman–Crippen LogP) is 5.50. The molecule has 27 heavy (non-hydrogen) atoms. The first kappa shape index (κ1) is 16.9. The molecule has 0 aliphatic rings. The molecule has 1 aromatic heterocycles. The van der Waals surface area contributed by atoms with Crippen molar-refractivity contribution in [1.29, 1.82) is 0 Å². The molecular formula is C23H20N2O2. The number of fused-ring (bicyclic) bond motifs is 1. The zero-order valence-corrected chi connectivity index (χ0v) is 15.3. The van der Waals surface area contributed by atoms with Crippen LogP contribution in [0.1, 0.15) is 16.1 Å². The second-order valence-corrected chi connectivity index (χ2v) is 6.43. The summed E-state index contributed by atoms with van der Waals surface area (Å²) in [6.07, 6.45) is 0.876. The summed E-state index contributed by atoms with van der Waals surface area (Å²) in [6.45, 7) is 2.07. The van der Waals surface area contributed by atoms with Gasteiger partial charge in [-0.1, -0.05) is 18.2 Å². The normalized spacial score (nSPS) is 10.7. The van der Waals surface area contributed by atoms with Crippen LogP contribution in [0.5, 0.6) is 5.75 Å². The first-order chi connectivity index (χ1) is 13.2. The number of ether oxygens (including phenoxy) is 1. The third-order valence-electron chi connectivity index (χ3n) is 4.67. The third-order valence-corrected chi connectivity index (χ3v) is 4.67. The number of rotatable bonds is 5. The van der Waals surface area contributed by atoms with Crippen LogP contribution in [0.2, 0.25) is 0 Å². The second-order valence-electron chi connectivity index (χ2n) is 6.43. The molecule has 0 atom stereocenters. The highest BCUT2D eigenvalue weighted by Crippen LogP contribution is 2.30. The quantitative estimate of drug-likeness (QED) is 0.480. The van der Waals surface area contributed by atoms with Gasteiger partial charge in [0.25, 0.3) is 0 Å². The Morgan fingerprint density at radius 1 is 0.963 bits per heavy atom. The largest absolute Gasteiger partial charge is 0.497 e. The summed E-state index contributed by atoms with van der Waals surface area (Å²) in [5.74, 6) is 0.836. The van der Waals surface area contributed by atoms with Crippen LogP contribution in [-0.2, 0) is 0 Å². The van der Waals surface area contributed by atoms with Crippen molar-refractivity contribution in [2.24, 2.45) is 0 Å². The van der Waals surface area contributed by atoms with E-state index in [0.717, 1.165) is 45.7 Å². The molecule has 0 spiro atoms. The van der Waals surface area contributed by atoms with Crippen LogP contribution in [0.15, 0.2) is 72.8 Å². The lowest BCUT2D eigenvalue weighted by Gasteiger charge is -2.14. The Kier molecular flexibility index (Phi) is 4.38. The van der Waals surface area contributed by atoms with Crippen molar-refractivity contribution < 1.29 is 9.53 Å². The molecule has 4 heteroatoms. The number of aldehydes is 1. The van der Waals surface area contributed by atoms with Crippen LogP contribution in [0.4, 0.5) is 11.4 Å². The predicted molar refractivity (Wildman–Crippen MR) is 110 cm³/mol. The maximum Gasteiger partial charge on any atom is 0.152 e. The number of para-hydroxylation sites is 1. The molecule has 0 bridgehead atoms. The van der Waals surface area contributed by atoms with Gasteiger partial charge in [-0.15, -0.1) is 0 Å². The van der Waals surface area contributed by atoms with Gasteiger partial charge in [0.15, 0.2) is 6.29 Å². The van der Waals surface area contributed by atoms with E-state index in [-0.39, 0.29) is 0 Å². The molecular weight excluding hydrogens is 336 g/mol. The molecule has 0 saturated carbocycles. The number of carbonyl (C=O) groups is 1. The third kappa shape index (κ3) is 3.17. The molecule has 4 aromatic rings. The molecule has 4 nitrogen and oxygen atoms in total. The van der Waals surface area contributed by atoms with E-state index in [1.807, 2.05) is 60.7 Å². The highest BCUT2D eigenvalue weighted by Gasteiger charge is 2.11. The molecule has 0 unspecified atom stereocenters. The van der Waals surface area contributed by atoms with E-state index in [9.17, 15) is 4.79 Å². The van der Waals surface area contributed by atoms with Gasteiger partial charge in [-0.25, -0.2) is 0 Å². The van der Waals surface area contributed by atoms with Crippen molar-refractivity contribution >= 4 is 28.6 Å². The van der Waals surface area contributed by atoms with Crippen LogP contribution >= 0.6 is 0 Å². The van der Waals surface area contributed by atoms with Gasteiger partial charge in [0.1, 0.15) is 5.75 Å². The first-order valence-electron chi connectivity index (χ1n) is 8.77. The molecule has 1 heterocycles. The number of carbonyl (C=O) groups excluding carboxylic acids is 1. The van der Waals surface area contributed by atoms with Crippen molar-refractivity contribution in [2.75, 3.05) is 12.4 Å². The molecule has 0 aliphatic heterocycles. The number of anilines is 2. The van der Waals surface area contributed by atoms with Crippen LogP contribution in [0.25, 0.3) is 16.6 Å². The van der Waals surface area contributed by atoms with Crippen LogP contribution in [-0.4, -0.2) is 18.0 Å². The smallest absolute Gasteiger partial charge is 0.152 e. The summed E-state index contributed by atoms with van der Waals surface area (Å²) in [4.78, 5) is 11.5. The van der Waals surface area contributed by atoms with Gasteiger partial charge in [0.2, 0.25) is 0 Å². The highest BCUT2D eigenvalue weighted by atomic mass is 16.5. The Bertz CT molecular complexity index is 1110. The number of hydrogen-bond donors (Lipinski definition) is 1. The highest BCUT2D eigenvalue weighted by molar-refractivity contribution is 5.89. The molecule has 4 rings (SSSR count). The van der Waals surface area contributed by atoms with E-state index in [1.54, 1.807) is 7.11 Å². The monoisotopic (exact) mass is 356 g/mol. The fourth-order valence-corrected chi connectivity index (χ4v) is 3.37. The minimum absolute atomic E-state index is 0.624. The van der Waals surface area contributed by atoms with Crippen LogP contribution in [0.3, 0.4) is 0 Å². The Labute approximate surface area is 158 Å². The van der Waals surface area contributed by atoms with Crippen molar-refractivity contribution in [3.05, 3.63) is 84.1 Å². The number of methoxy groups -OCH3 is 1. The lowest BCUT2D eigenvalue weighted by molar-refractivity contribution is 0.112. The Hall–Kier alpha value is -3.53. The lowest BCUT2D eigenvalue weighted by atomic mass is 10.1. The number of hydrogen-bond acceptors (Lipinski definition) is 3. The van der Waals surface area contributed by atoms with Crippen LogP contribution < -0.4 is 10.1 Å². The molecule has 1 N–H and O–H groups in total. The van der Waals surface area contributed by atoms with Crippen molar-refractivity contribution in [3.63, 3.8) is 0 Å². The SMILES string of the molecule is COc1ccc2c(c1)cc(C)n2-c1ccc(C=O)c(Nc2ccccc2)c1. The van der Waals surface area contributed by atoms with Gasteiger partial charge in [-0.2, -0.15) is 0 Å². The van der Waals surface area contributed by atoms with Gasteiger partial charge in [-0.05, 0) is 61.5 Å². The van der Waals surface area contributed by atoms with Gasteiger partial charge in [0.05, 0.1) is 18.3 Å². The fraction of sp³-hybridized carbons (Fsp3) is 0.0870. The zero-order chi connectivity index (χ0) is 18.8. The second kappa shape index (κ2) is 7.00. The number of nitrogens with zero attached hydrogens (tertiary/aromatic N) is 1. The number of benzene rings is 3. The summed E-state index contributed by atoms with van der Waals surface area (Å²) in [5, 5.41) is 4.46. The van der Waals surface area contributed by atoms with Gasteiger partial charge in [0, 0.05) is 28.0 Å². The maximum absolute atomic E-state index is 11.5.